The second-order valence-electron chi connectivity index (χ2n) is 7.39. The zero-order valence-corrected chi connectivity index (χ0v) is 17.0. The fourth-order valence-corrected chi connectivity index (χ4v) is 4.54. The Bertz CT molecular complexity index is 498. The van der Waals surface area contributed by atoms with Crippen molar-refractivity contribution in [2.75, 3.05) is 52.4 Å². The molecule has 0 radical (unpaired) electrons. The Kier molecular flexibility index (Phi) is 9.38. The Morgan fingerprint density at radius 2 is 1.92 bits per heavy atom. The average molecular weight is 407 g/mol. The Hall–Kier alpha value is -0.820. The number of amides is 2. The summed E-state index contributed by atoms with van der Waals surface area (Å²) in [5.74, 6) is 0.898. The molecule has 0 aromatic rings. The van der Waals surface area contributed by atoms with Gasteiger partial charge in [0.2, 0.25) is 11.8 Å². The third-order valence-corrected chi connectivity index (χ3v) is 5.93. The number of carbonyl (C=O) groups excluding carboxylic acids is 2. The van der Waals surface area contributed by atoms with Gasteiger partial charge < -0.3 is 15.5 Å². The number of fused-ring (bicyclic) bond motifs is 1. The van der Waals surface area contributed by atoms with Crippen molar-refractivity contribution in [2.45, 2.75) is 25.7 Å². The van der Waals surface area contributed by atoms with Crippen LogP contribution in [0.2, 0.25) is 0 Å². The molecule has 0 spiro atoms. The highest BCUT2D eigenvalue weighted by Gasteiger charge is 2.51. The van der Waals surface area contributed by atoms with Crippen LogP contribution in [-0.2, 0) is 9.59 Å². The van der Waals surface area contributed by atoms with Crippen LogP contribution >= 0.6 is 24.8 Å². The summed E-state index contributed by atoms with van der Waals surface area (Å²) in [4.78, 5) is 29.2. The summed E-state index contributed by atoms with van der Waals surface area (Å²) in [6.07, 6.45) is 6.34. The zero-order valence-electron chi connectivity index (χ0n) is 15.4. The Labute approximate surface area is 168 Å². The summed E-state index contributed by atoms with van der Waals surface area (Å²) in [6.45, 7) is 9.40. The van der Waals surface area contributed by atoms with Gasteiger partial charge in [-0.1, -0.05) is 18.9 Å². The molecule has 2 N–H and O–H groups in total. The Morgan fingerprint density at radius 1 is 1.19 bits per heavy atom. The number of halogens is 2. The Balaban J connectivity index is 0.00000169. The summed E-state index contributed by atoms with van der Waals surface area (Å²) in [7, 11) is 0. The molecule has 26 heavy (non-hydrogen) atoms. The van der Waals surface area contributed by atoms with Crippen LogP contribution in [0.5, 0.6) is 0 Å². The summed E-state index contributed by atoms with van der Waals surface area (Å²) in [6, 6.07) is 0. The van der Waals surface area contributed by atoms with Crippen molar-refractivity contribution in [2.24, 2.45) is 11.3 Å². The zero-order chi connectivity index (χ0) is 17.0. The van der Waals surface area contributed by atoms with E-state index in [0.29, 0.717) is 24.9 Å². The lowest BCUT2D eigenvalue weighted by molar-refractivity contribution is -0.147. The molecule has 150 valence electrons. The topological polar surface area (TPSA) is 64.7 Å². The molecule has 2 aliphatic heterocycles. The molecule has 0 bridgehead atoms. The molecular formula is C18H32Cl2N4O2. The number of rotatable bonds is 5. The maximum absolute atomic E-state index is 13.2. The van der Waals surface area contributed by atoms with E-state index in [1.807, 2.05) is 4.90 Å². The van der Waals surface area contributed by atoms with Gasteiger partial charge in [0, 0.05) is 39.3 Å². The normalized spacial score (nSPS) is 28.3. The highest BCUT2D eigenvalue weighted by Crippen LogP contribution is 2.45. The van der Waals surface area contributed by atoms with E-state index in [-0.39, 0.29) is 36.1 Å². The van der Waals surface area contributed by atoms with E-state index in [0.717, 1.165) is 45.7 Å². The first-order chi connectivity index (χ1) is 11.7. The second kappa shape index (κ2) is 10.5. The van der Waals surface area contributed by atoms with Crippen LogP contribution in [-0.4, -0.2) is 74.0 Å². The Morgan fingerprint density at radius 3 is 2.62 bits per heavy atom. The highest BCUT2D eigenvalue weighted by atomic mass is 35.5. The monoisotopic (exact) mass is 406 g/mol. The van der Waals surface area contributed by atoms with E-state index in [1.54, 1.807) is 6.08 Å². The van der Waals surface area contributed by atoms with Gasteiger partial charge in [0.1, 0.15) is 0 Å². The third kappa shape index (κ3) is 4.91. The summed E-state index contributed by atoms with van der Waals surface area (Å²) < 4.78 is 0. The average Bonchev–Trinajstić information content (AvgIpc) is 3.05. The molecule has 2 amide bonds. The second-order valence-corrected chi connectivity index (χ2v) is 7.39. The molecule has 3 aliphatic rings. The minimum Gasteiger partial charge on any atom is -0.352 e. The summed E-state index contributed by atoms with van der Waals surface area (Å²) in [5, 5.41) is 6.27. The number of carbonyl (C=O) groups is 2. The molecule has 3 fully saturated rings. The molecule has 3 rings (SSSR count). The van der Waals surface area contributed by atoms with Crippen LogP contribution in [0.4, 0.5) is 0 Å². The van der Waals surface area contributed by atoms with Crippen LogP contribution in [0, 0.1) is 11.3 Å². The van der Waals surface area contributed by atoms with Gasteiger partial charge in [-0.2, -0.15) is 0 Å². The molecule has 1 saturated carbocycles. The lowest BCUT2D eigenvalue weighted by atomic mass is 9.67. The molecule has 0 unspecified atom stereocenters. The molecule has 8 heteroatoms. The third-order valence-electron chi connectivity index (χ3n) is 5.93. The number of hydrogen-bond donors (Lipinski definition) is 2. The fourth-order valence-electron chi connectivity index (χ4n) is 4.54. The van der Waals surface area contributed by atoms with Crippen LogP contribution in [0.1, 0.15) is 25.7 Å². The van der Waals surface area contributed by atoms with E-state index < -0.39 is 0 Å². The van der Waals surface area contributed by atoms with Crippen LogP contribution in [0.25, 0.3) is 0 Å². The van der Waals surface area contributed by atoms with Crippen LogP contribution in [0.3, 0.4) is 0 Å². The smallest absolute Gasteiger partial charge is 0.234 e. The largest absolute Gasteiger partial charge is 0.352 e. The first-order valence-electron chi connectivity index (χ1n) is 9.26. The molecule has 2 atom stereocenters. The first kappa shape index (κ1) is 23.2. The summed E-state index contributed by atoms with van der Waals surface area (Å²) in [5.41, 5.74) is -0.151. The van der Waals surface area contributed by atoms with Crippen molar-refractivity contribution >= 4 is 36.6 Å². The maximum Gasteiger partial charge on any atom is 0.234 e. The van der Waals surface area contributed by atoms with Gasteiger partial charge in [-0.3, -0.25) is 14.5 Å². The maximum atomic E-state index is 13.2. The van der Waals surface area contributed by atoms with Crippen LogP contribution in [0.15, 0.2) is 12.7 Å². The fraction of sp³-hybridized carbons (Fsp3) is 0.778. The first-order valence-corrected chi connectivity index (χ1v) is 9.26. The highest BCUT2D eigenvalue weighted by molar-refractivity contribution is 5.86. The lowest BCUT2D eigenvalue weighted by Gasteiger charge is -2.43. The van der Waals surface area contributed by atoms with Gasteiger partial charge >= 0.3 is 0 Å². The van der Waals surface area contributed by atoms with E-state index in [1.165, 1.54) is 19.3 Å². The molecule has 6 nitrogen and oxygen atoms in total. The van der Waals surface area contributed by atoms with Crippen molar-refractivity contribution in [3.8, 4) is 0 Å². The number of hydrogen-bond acceptors (Lipinski definition) is 4. The molecule has 0 aromatic heterocycles. The van der Waals surface area contributed by atoms with E-state index in [9.17, 15) is 9.59 Å². The SMILES string of the molecule is C=CCNC(=O)CN1CCN(C(=O)[C@@]23CCCC[C@H]2CNC3)CC1.Cl.Cl. The number of nitrogens with one attached hydrogen (secondary N) is 2. The molecular weight excluding hydrogens is 375 g/mol. The summed E-state index contributed by atoms with van der Waals surface area (Å²) >= 11 is 0. The standard InChI is InChI=1S/C18H30N4O2.2ClH/c1-2-7-20-16(23)13-21-8-10-22(11-9-21)17(24)18-6-4-3-5-15(18)12-19-14-18;;/h2,15,19H,1,3-14H2,(H,20,23);2*1H/t15-,18+;;/m0../s1. The number of piperazine rings is 1. The lowest BCUT2D eigenvalue weighted by Crippen LogP contribution is -2.56. The van der Waals surface area contributed by atoms with E-state index >= 15 is 0 Å². The van der Waals surface area contributed by atoms with Crippen molar-refractivity contribution in [3.63, 3.8) is 0 Å². The minimum absolute atomic E-state index is 0. The van der Waals surface area contributed by atoms with Gasteiger partial charge in [-0.25, -0.2) is 0 Å². The van der Waals surface area contributed by atoms with Crippen molar-refractivity contribution in [3.05, 3.63) is 12.7 Å². The quantitative estimate of drug-likeness (QED) is 0.669. The molecule has 2 heterocycles. The minimum atomic E-state index is -0.151. The van der Waals surface area contributed by atoms with E-state index in [2.05, 4.69) is 22.1 Å². The molecule has 2 saturated heterocycles. The number of nitrogens with zero attached hydrogens (tertiary/aromatic N) is 2. The van der Waals surface area contributed by atoms with Gasteiger partial charge in [0.15, 0.2) is 0 Å². The van der Waals surface area contributed by atoms with Crippen molar-refractivity contribution in [1.29, 1.82) is 0 Å². The van der Waals surface area contributed by atoms with Gasteiger partial charge in [-0.15, -0.1) is 31.4 Å². The van der Waals surface area contributed by atoms with E-state index in [4.69, 9.17) is 0 Å². The predicted molar refractivity (Wildman–Crippen MR) is 108 cm³/mol. The van der Waals surface area contributed by atoms with Crippen molar-refractivity contribution < 1.29 is 9.59 Å². The van der Waals surface area contributed by atoms with Gasteiger partial charge in [0.25, 0.3) is 0 Å². The molecule has 0 aromatic carbocycles. The predicted octanol–water partition coefficient (Wildman–Crippen LogP) is 1.06. The molecule has 1 aliphatic carbocycles. The van der Waals surface area contributed by atoms with Crippen molar-refractivity contribution in [1.82, 2.24) is 20.4 Å². The van der Waals surface area contributed by atoms with Crippen LogP contribution < -0.4 is 10.6 Å². The van der Waals surface area contributed by atoms with Gasteiger partial charge in [0.05, 0.1) is 12.0 Å². The van der Waals surface area contributed by atoms with Gasteiger partial charge in [-0.05, 0) is 25.3 Å².